The van der Waals surface area contributed by atoms with Crippen molar-refractivity contribution in [1.82, 2.24) is 0 Å². The van der Waals surface area contributed by atoms with E-state index in [2.05, 4.69) is 5.32 Å². The van der Waals surface area contributed by atoms with Crippen molar-refractivity contribution >= 4 is 23.2 Å². The largest absolute Gasteiger partial charge is 0.496 e. The lowest BCUT2D eigenvalue weighted by atomic mass is 10.1. The Morgan fingerprint density at radius 3 is 2.43 bits per heavy atom. The maximum Gasteiger partial charge on any atom is 0.229 e. The monoisotopic (exact) mass is 333 g/mol. The third-order valence-electron chi connectivity index (χ3n) is 3.54. The van der Waals surface area contributed by atoms with Crippen molar-refractivity contribution < 1.29 is 14.3 Å². The smallest absolute Gasteiger partial charge is 0.229 e. The van der Waals surface area contributed by atoms with E-state index in [1.54, 1.807) is 26.4 Å². The molecule has 0 heterocycles. The van der Waals surface area contributed by atoms with Crippen molar-refractivity contribution in [1.29, 1.82) is 0 Å². The third-order valence-corrected chi connectivity index (χ3v) is 3.95. The summed E-state index contributed by atoms with van der Waals surface area (Å²) in [6, 6.07) is 9.26. The van der Waals surface area contributed by atoms with E-state index in [4.69, 9.17) is 21.1 Å². The van der Waals surface area contributed by atoms with Crippen molar-refractivity contribution in [2.45, 2.75) is 20.3 Å². The molecule has 0 spiro atoms. The summed E-state index contributed by atoms with van der Waals surface area (Å²) in [6.07, 6.45) is 0.218. The van der Waals surface area contributed by atoms with Gasteiger partial charge in [0.15, 0.2) is 0 Å². The molecule has 2 aromatic carbocycles. The summed E-state index contributed by atoms with van der Waals surface area (Å²) in [5.74, 6) is 1.09. The first kappa shape index (κ1) is 17.2. The van der Waals surface area contributed by atoms with Crippen LogP contribution in [0.3, 0.4) is 0 Å². The molecule has 5 heteroatoms. The zero-order valence-electron chi connectivity index (χ0n) is 13.7. The van der Waals surface area contributed by atoms with Gasteiger partial charge in [-0.2, -0.15) is 0 Å². The fourth-order valence-electron chi connectivity index (χ4n) is 2.34. The van der Waals surface area contributed by atoms with E-state index in [1.165, 1.54) is 0 Å². The summed E-state index contributed by atoms with van der Waals surface area (Å²) in [7, 11) is 3.14. The van der Waals surface area contributed by atoms with Crippen LogP contribution in [-0.2, 0) is 11.2 Å². The molecule has 0 saturated carbocycles. The van der Waals surface area contributed by atoms with E-state index < -0.39 is 0 Å². The molecule has 2 aromatic rings. The number of ether oxygens (including phenoxy) is 2. The maximum atomic E-state index is 12.4. The van der Waals surface area contributed by atoms with Crippen LogP contribution < -0.4 is 14.8 Å². The first-order chi connectivity index (χ1) is 10.9. The van der Waals surface area contributed by atoms with Gasteiger partial charge < -0.3 is 14.8 Å². The summed E-state index contributed by atoms with van der Waals surface area (Å²) >= 11 is 6.08. The minimum atomic E-state index is -0.145. The Labute approximate surface area is 141 Å². The van der Waals surface area contributed by atoms with Crippen molar-refractivity contribution in [3.8, 4) is 11.5 Å². The highest BCUT2D eigenvalue weighted by Crippen LogP contribution is 2.31. The van der Waals surface area contributed by atoms with Crippen LogP contribution in [0.5, 0.6) is 11.5 Å². The number of carbonyl (C=O) groups is 1. The van der Waals surface area contributed by atoms with Crippen molar-refractivity contribution in [2.75, 3.05) is 19.5 Å². The standard InChI is InChI=1S/C18H20ClNO3/c1-11-5-6-16(22-3)13(7-11)9-18(21)20-15-8-12(2)14(19)10-17(15)23-4/h5-8,10H,9H2,1-4H3,(H,20,21). The number of aryl methyl sites for hydroxylation is 2. The minimum absolute atomic E-state index is 0.145. The van der Waals surface area contributed by atoms with Gasteiger partial charge in [0.25, 0.3) is 0 Å². The molecule has 0 bridgehead atoms. The maximum absolute atomic E-state index is 12.4. The average Bonchev–Trinajstić information content (AvgIpc) is 2.50. The Hall–Kier alpha value is -2.20. The normalized spacial score (nSPS) is 10.3. The van der Waals surface area contributed by atoms with E-state index in [9.17, 15) is 4.79 Å². The number of anilines is 1. The first-order valence-corrected chi connectivity index (χ1v) is 7.60. The predicted molar refractivity (Wildman–Crippen MR) is 92.8 cm³/mol. The van der Waals surface area contributed by atoms with Gasteiger partial charge >= 0.3 is 0 Å². The highest BCUT2D eigenvalue weighted by molar-refractivity contribution is 6.31. The Morgan fingerprint density at radius 1 is 1.09 bits per heavy atom. The van der Waals surface area contributed by atoms with Crippen LogP contribution in [0.2, 0.25) is 5.02 Å². The number of hydrogen-bond acceptors (Lipinski definition) is 3. The fraction of sp³-hybridized carbons (Fsp3) is 0.278. The van der Waals surface area contributed by atoms with Gasteiger partial charge in [-0.05, 0) is 31.5 Å². The fourth-order valence-corrected chi connectivity index (χ4v) is 2.50. The number of amides is 1. The molecule has 0 atom stereocenters. The molecule has 2 rings (SSSR count). The van der Waals surface area contributed by atoms with Crippen LogP contribution in [0.15, 0.2) is 30.3 Å². The van der Waals surface area contributed by atoms with Gasteiger partial charge in [-0.15, -0.1) is 0 Å². The van der Waals surface area contributed by atoms with Gasteiger partial charge in [-0.3, -0.25) is 4.79 Å². The first-order valence-electron chi connectivity index (χ1n) is 7.22. The van der Waals surface area contributed by atoms with Gasteiger partial charge in [0, 0.05) is 16.7 Å². The summed E-state index contributed by atoms with van der Waals surface area (Å²) < 4.78 is 10.6. The average molecular weight is 334 g/mol. The number of carbonyl (C=O) groups excluding carboxylic acids is 1. The summed E-state index contributed by atoms with van der Waals surface area (Å²) in [5.41, 5.74) is 3.39. The molecule has 4 nitrogen and oxygen atoms in total. The molecule has 0 aliphatic carbocycles. The molecule has 0 fully saturated rings. The van der Waals surface area contributed by atoms with Crippen molar-refractivity contribution in [3.63, 3.8) is 0 Å². The lowest BCUT2D eigenvalue weighted by molar-refractivity contribution is -0.115. The van der Waals surface area contributed by atoms with Gasteiger partial charge in [0.1, 0.15) is 11.5 Å². The lowest BCUT2D eigenvalue weighted by Crippen LogP contribution is -2.15. The SMILES string of the molecule is COc1ccc(C)cc1CC(=O)Nc1cc(C)c(Cl)cc1OC. The second-order valence-electron chi connectivity index (χ2n) is 5.34. The zero-order chi connectivity index (χ0) is 17.0. The van der Waals surface area contributed by atoms with E-state index >= 15 is 0 Å². The topological polar surface area (TPSA) is 47.6 Å². The number of methoxy groups -OCH3 is 2. The summed E-state index contributed by atoms with van der Waals surface area (Å²) in [5, 5.41) is 3.47. The van der Waals surface area contributed by atoms with Crippen LogP contribution in [0.4, 0.5) is 5.69 Å². The number of halogens is 1. The highest BCUT2D eigenvalue weighted by Gasteiger charge is 2.13. The quantitative estimate of drug-likeness (QED) is 0.894. The van der Waals surface area contributed by atoms with Gasteiger partial charge in [0.05, 0.1) is 26.3 Å². The second-order valence-corrected chi connectivity index (χ2v) is 5.75. The van der Waals surface area contributed by atoms with E-state index in [-0.39, 0.29) is 12.3 Å². The summed E-state index contributed by atoms with van der Waals surface area (Å²) in [6.45, 7) is 3.85. The predicted octanol–water partition coefficient (Wildman–Crippen LogP) is 4.16. The minimum Gasteiger partial charge on any atom is -0.496 e. The molecule has 0 unspecified atom stereocenters. The summed E-state index contributed by atoms with van der Waals surface area (Å²) in [4.78, 5) is 12.4. The number of hydrogen-bond donors (Lipinski definition) is 1. The molecule has 0 aliphatic heterocycles. The molecular weight excluding hydrogens is 314 g/mol. The van der Waals surface area contributed by atoms with Crippen LogP contribution >= 0.6 is 11.6 Å². The van der Waals surface area contributed by atoms with Crippen LogP contribution in [0.25, 0.3) is 0 Å². The number of rotatable bonds is 5. The molecule has 1 amide bonds. The van der Waals surface area contributed by atoms with Gasteiger partial charge in [0.2, 0.25) is 5.91 Å². The second kappa shape index (κ2) is 7.38. The number of benzene rings is 2. The molecule has 1 N–H and O–H groups in total. The molecular formula is C18H20ClNO3. The van der Waals surface area contributed by atoms with Crippen LogP contribution in [0, 0.1) is 13.8 Å². The van der Waals surface area contributed by atoms with E-state index in [1.807, 2.05) is 32.0 Å². The molecule has 0 aromatic heterocycles. The Balaban J connectivity index is 2.20. The number of nitrogens with one attached hydrogen (secondary N) is 1. The van der Waals surface area contributed by atoms with Crippen molar-refractivity contribution in [3.05, 3.63) is 52.0 Å². The Bertz CT molecular complexity index is 728. The molecule has 0 saturated heterocycles. The zero-order valence-corrected chi connectivity index (χ0v) is 14.5. The van der Waals surface area contributed by atoms with E-state index in [0.29, 0.717) is 22.2 Å². The van der Waals surface area contributed by atoms with E-state index in [0.717, 1.165) is 16.7 Å². The van der Waals surface area contributed by atoms with Crippen molar-refractivity contribution in [2.24, 2.45) is 0 Å². The lowest BCUT2D eigenvalue weighted by Gasteiger charge is -2.13. The Kier molecular flexibility index (Phi) is 5.50. The molecule has 23 heavy (non-hydrogen) atoms. The van der Waals surface area contributed by atoms with Gasteiger partial charge in [-0.1, -0.05) is 29.3 Å². The van der Waals surface area contributed by atoms with Crippen LogP contribution in [0.1, 0.15) is 16.7 Å². The molecule has 122 valence electrons. The molecule has 0 aliphatic rings. The molecule has 0 radical (unpaired) electrons. The van der Waals surface area contributed by atoms with Crippen LogP contribution in [-0.4, -0.2) is 20.1 Å². The highest BCUT2D eigenvalue weighted by atomic mass is 35.5. The third kappa shape index (κ3) is 4.17. The Morgan fingerprint density at radius 2 is 1.78 bits per heavy atom. The van der Waals surface area contributed by atoms with Gasteiger partial charge in [-0.25, -0.2) is 0 Å².